The number of carbonyl (C=O) groups excluding carboxylic acids is 2. The number of likely N-dealkylation sites (N-methyl/N-ethyl adjacent to an activating group) is 1. The van der Waals surface area contributed by atoms with Crippen molar-refractivity contribution in [3.8, 4) is 0 Å². The average molecular weight is 256 g/mol. The second-order valence-corrected chi connectivity index (χ2v) is 4.26. The first-order valence-electron chi connectivity index (χ1n) is 5.96. The standard InChI is InChI=1S/C12H20N2O4/c1-9(4-5-10-6-7-10)18-12(16)13-8-11(15)14(2)17-3/h4-5,9-10H,6-8H2,1-3H3,(H,13,16). The molecule has 0 spiro atoms. The topological polar surface area (TPSA) is 67.9 Å². The minimum atomic E-state index is -0.610. The van der Waals surface area contributed by atoms with Crippen molar-refractivity contribution in [2.75, 3.05) is 20.7 Å². The fraction of sp³-hybridized carbons (Fsp3) is 0.667. The molecule has 1 aliphatic carbocycles. The smallest absolute Gasteiger partial charge is 0.408 e. The highest BCUT2D eigenvalue weighted by atomic mass is 16.7. The summed E-state index contributed by atoms with van der Waals surface area (Å²) in [6, 6.07) is 0. The van der Waals surface area contributed by atoms with Gasteiger partial charge in [-0.3, -0.25) is 9.63 Å². The number of hydrogen-bond acceptors (Lipinski definition) is 4. The SMILES string of the molecule is CON(C)C(=O)CNC(=O)OC(C)C=CC1CC1. The fourth-order valence-electron chi connectivity index (χ4n) is 1.21. The van der Waals surface area contributed by atoms with Gasteiger partial charge in [0.25, 0.3) is 5.91 Å². The Morgan fingerprint density at radius 1 is 1.50 bits per heavy atom. The van der Waals surface area contributed by atoms with E-state index < -0.39 is 6.09 Å². The van der Waals surface area contributed by atoms with E-state index >= 15 is 0 Å². The Kier molecular flexibility index (Phi) is 5.64. The first kappa shape index (κ1) is 14.5. The summed E-state index contributed by atoms with van der Waals surface area (Å²) in [6.45, 7) is 1.63. The molecule has 1 unspecified atom stereocenters. The van der Waals surface area contributed by atoms with Gasteiger partial charge in [-0.1, -0.05) is 6.08 Å². The third-order valence-corrected chi connectivity index (χ3v) is 2.58. The summed E-state index contributed by atoms with van der Waals surface area (Å²) >= 11 is 0. The fourth-order valence-corrected chi connectivity index (χ4v) is 1.21. The number of ether oxygens (including phenoxy) is 1. The number of allylic oxidation sites excluding steroid dienone is 1. The van der Waals surface area contributed by atoms with E-state index in [0.29, 0.717) is 5.92 Å². The number of carbonyl (C=O) groups is 2. The van der Waals surface area contributed by atoms with Crippen LogP contribution in [0.4, 0.5) is 4.79 Å². The molecule has 0 radical (unpaired) electrons. The molecular weight excluding hydrogens is 236 g/mol. The molecule has 1 rings (SSSR count). The van der Waals surface area contributed by atoms with Gasteiger partial charge in [0, 0.05) is 7.05 Å². The second kappa shape index (κ2) is 7.00. The van der Waals surface area contributed by atoms with Crippen molar-refractivity contribution in [3.05, 3.63) is 12.2 Å². The lowest BCUT2D eigenvalue weighted by atomic mass is 10.3. The van der Waals surface area contributed by atoms with Crippen LogP contribution in [0.2, 0.25) is 0 Å². The predicted octanol–water partition coefficient (Wildman–Crippen LogP) is 1.09. The number of hydroxylamine groups is 2. The van der Waals surface area contributed by atoms with Crippen LogP contribution >= 0.6 is 0 Å². The predicted molar refractivity (Wildman–Crippen MR) is 65.6 cm³/mol. The van der Waals surface area contributed by atoms with Crippen LogP contribution in [0.25, 0.3) is 0 Å². The molecule has 1 atom stereocenters. The molecule has 0 heterocycles. The normalized spacial score (nSPS) is 16.4. The highest BCUT2D eigenvalue weighted by Gasteiger charge is 2.18. The summed E-state index contributed by atoms with van der Waals surface area (Å²) in [5.41, 5.74) is 0. The van der Waals surface area contributed by atoms with Crippen molar-refractivity contribution in [2.45, 2.75) is 25.9 Å². The Hall–Kier alpha value is -1.56. The Bertz CT molecular complexity index is 326. The van der Waals surface area contributed by atoms with Crippen LogP contribution in [0.1, 0.15) is 19.8 Å². The van der Waals surface area contributed by atoms with Crippen LogP contribution in [0, 0.1) is 5.92 Å². The summed E-state index contributed by atoms with van der Waals surface area (Å²) < 4.78 is 5.04. The van der Waals surface area contributed by atoms with Gasteiger partial charge in [-0.05, 0) is 31.8 Å². The number of rotatable bonds is 6. The summed E-state index contributed by atoms with van der Waals surface area (Å²) in [7, 11) is 2.84. The molecule has 102 valence electrons. The molecule has 1 fully saturated rings. The molecule has 0 saturated heterocycles. The van der Waals surface area contributed by atoms with Crippen LogP contribution in [0.3, 0.4) is 0 Å². The molecule has 0 bridgehead atoms. The van der Waals surface area contributed by atoms with Crippen LogP contribution in [-0.4, -0.2) is 43.9 Å². The Balaban J connectivity index is 2.17. The molecule has 0 aromatic heterocycles. The van der Waals surface area contributed by atoms with Crippen molar-refractivity contribution >= 4 is 12.0 Å². The monoisotopic (exact) mass is 256 g/mol. The Labute approximate surface area is 107 Å². The van der Waals surface area contributed by atoms with E-state index in [9.17, 15) is 9.59 Å². The van der Waals surface area contributed by atoms with E-state index in [4.69, 9.17) is 4.74 Å². The van der Waals surface area contributed by atoms with Gasteiger partial charge in [0.2, 0.25) is 0 Å². The highest BCUT2D eigenvalue weighted by molar-refractivity contribution is 5.81. The number of alkyl carbamates (subject to hydrolysis) is 1. The van der Waals surface area contributed by atoms with E-state index in [1.807, 2.05) is 6.08 Å². The first-order valence-corrected chi connectivity index (χ1v) is 5.96. The van der Waals surface area contributed by atoms with Crippen LogP contribution in [-0.2, 0) is 14.4 Å². The zero-order chi connectivity index (χ0) is 13.5. The maximum absolute atomic E-state index is 11.4. The number of nitrogens with one attached hydrogen (secondary N) is 1. The van der Waals surface area contributed by atoms with Crippen LogP contribution < -0.4 is 5.32 Å². The minimum Gasteiger partial charge on any atom is -0.442 e. The van der Waals surface area contributed by atoms with Crippen molar-refractivity contribution in [2.24, 2.45) is 5.92 Å². The van der Waals surface area contributed by atoms with E-state index in [0.717, 1.165) is 5.06 Å². The van der Waals surface area contributed by atoms with Gasteiger partial charge in [0.05, 0.1) is 7.11 Å². The third-order valence-electron chi connectivity index (χ3n) is 2.58. The number of nitrogens with zero attached hydrogens (tertiary/aromatic N) is 1. The largest absolute Gasteiger partial charge is 0.442 e. The zero-order valence-electron chi connectivity index (χ0n) is 11.0. The molecule has 18 heavy (non-hydrogen) atoms. The van der Waals surface area contributed by atoms with Crippen molar-refractivity contribution < 1.29 is 19.2 Å². The minimum absolute atomic E-state index is 0.151. The van der Waals surface area contributed by atoms with Gasteiger partial charge in [0.1, 0.15) is 12.6 Å². The highest BCUT2D eigenvalue weighted by Crippen LogP contribution is 2.30. The van der Waals surface area contributed by atoms with Crippen molar-refractivity contribution in [1.82, 2.24) is 10.4 Å². The molecule has 6 heteroatoms. The van der Waals surface area contributed by atoms with Gasteiger partial charge < -0.3 is 10.1 Å². The van der Waals surface area contributed by atoms with Crippen LogP contribution in [0.5, 0.6) is 0 Å². The molecular formula is C12H20N2O4. The number of amides is 2. The molecule has 0 aliphatic heterocycles. The Morgan fingerprint density at radius 2 is 2.17 bits per heavy atom. The van der Waals surface area contributed by atoms with Gasteiger partial charge in [-0.15, -0.1) is 0 Å². The van der Waals surface area contributed by atoms with Crippen LogP contribution in [0.15, 0.2) is 12.2 Å². The van der Waals surface area contributed by atoms with E-state index in [2.05, 4.69) is 16.2 Å². The van der Waals surface area contributed by atoms with E-state index in [-0.39, 0.29) is 18.6 Å². The first-order chi connectivity index (χ1) is 8.52. The van der Waals surface area contributed by atoms with E-state index in [1.165, 1.54) is 27.0 Å². The zero-order valence-corrected chi connectivity index (χ0v) is 11.0. The molecule has 0 aromatic rings. The summed E-state index contributed by atoms with van der Waals surface area (Å²) in [5, 5.41) is 3.40. The maximum Gasteiger partial charge on any atom is 0.408 e. The molecule has 1 N–H and O–H groups in total. The van der Waals surface area contributed by atoms with Crippen molar-refractivity contribution in [3.63, 3.8) is 0 Å². The third kappa shape index (κ3) is 5.67. The number of hydrogen-bond donors (Lipinski definition) is 1. The van der Waals surface area contributed by atoms with E-state index in [1.54, 1.807) is 6.92 Å². The quantitative estimate of drug-likeness (QED) is 0.570. The summed E-state index contributed by atoms with van der Waals surface area (Å²) in [4.78, 5) is 27.3. The van der Waals surface area contributed by atoms with Gasteiger partial charge in [-0.25, -0.2) is 9.86 Å². The Morgan fingerprint density at radius 3 is 2.72 bits per heavy atom. The molecule has 1 saturated carbocycles. The summed E-state index contributed by atoms with van der Waals surface area (Å²) in [5.74, 6) is 0.298. The molecule has 2 amide bonds. The second-order valence-electron chi connectivity index (χ2n) is 4.26. The molecule has 1 aliphatic rings. The van der Waals surface area contributed by atoms with Crippen molar-refractivity contribution in [1.29, 1.82) is 0 Å². The lowest BCUT2D eigenvalue weighted by Crippen LogP contribution is -2.38. The lowest BCUT2D eigenvalue weighted by molar-refractivity contribution is -0.167. The average Bonchev–Trinajstić information content (AvgIpc) is 3.16. The van der Waals surface area contributed by atoms with Gasteiger partial charge in [-0.2, -0.15) is 0 Å². The lowest BCUT2D eigenvalue weighted by Gasteiger charge is -2.14. The van der Waals surface area contributed by atoms with Gasteiger partial charge in [0.15, 0.2) is 0 Å². The maximum atomic E-state index is 11.4. The molecule has 6 nitrogen and oxygen atoms in total. The summed E-state index contributed by atoms with van der Waals surface area (Å²) in [6.07, 6.45) is 5.45. The van der Waals surface area contributed by atoms with Gasteiger partial charge >= 0.3 is 6.09 Å². The molecule has 0 aromatic carbocycles.